The number of carbonyl (C=O) groups excluding carboxylic acids is 2. The van der Waals surface area contributed by atoms with Crippen LogP contribution in [0.25, 0.3) is 0 Å². The number of anilines is 3. The Bertz CT molecular complexity index is 2880. The van der Waals surface area contributed by atoms with Crippen molar-refractivity contribution in [2.24, 2.45) is 0 Å². The Morgan fingerprint density at radius 2 is 1.34 bits per heavy atom. The minimum Gasteiger partial charge on any atom is -0.493 e. The molecule has 0 saturated heterocycles. The number of hydrogen-bond donors (Lipinski definition) is 2. The van der Waals surface area contributed by atoms with Crippen molar-refractivity contribution in [3.63, 3.8) is 0 Å². The quantitative estimate of drug-likeness (QED) is 0.0465. The van der Waals surface area contributed by atoms with Crippen LogP contribution in [0.3, 0.4) is 0 Å². The molecular formula is C55H63N3O10S2. The highest BCUT2D eigenvalue weighted by Gasteiger charge is 2.47. The van der Waals surface area contributed by atoms with Gasteiger partial charge in [-0.05, 0) is 153 Å². The maximum Gasteiger partial charge on any atom is 0.270 e. The predicted octanol–water partition coefficient (Wildman–Crippen LogP) is 9.02. The number of para-hydroxylation sites is 2. The summed E-state index contributed by atoms with van der Waals surface area (Å²) in [5, 5.41) is -1.23. The third-order valence-corrected chi connectivity index (χ3v) is 15.1. The maximum absolute atomic E-state index is 14.3. The Morgan fingerprint density at radius 3 is 2.01 bits per heavy atom. The number of nitrogens with zero attached hydrogens (tertiary/aromatic N) is 3. The fourth-order valence-electron chi connectivity index (χ4n) is 10.5. The van der Waals surface area contributed by atoms with E-state index in [0.717, 1.165) is 52.9 Å². The highest BCUT2D eigenvalue weighted by molar-refractivity contribution is 7.86. The zero-order valence-electron chi connectivity index (χ0n) is 40.6. The molecular weight excluding hydrogens is 927 g/mol. The first-order valence-electron chi connectivity index (χ1n) is 24.2. The molecule has 13 nitrogen and oxygen atoms in total. The standard InChI is InChI=1S/C55H63N3O10S2/c1-6-18-65-20-21-66-19-17-56(34-55(3,4)69)43-24-36(32-67-49-29-41-30-52(70(61,62)63)48-27-40-12-8-10-14-47(40)58(48)54(60)44(41)22-35(49)2)23-37(25-43)33-68-51-28-38-15-16-42-26-39-11-7-9-13-46(39)57(42)53(59)45(38)31-50(51)64-5/h7-14,22-25,28-29,31,42,48,52,69H,6,15-21,26-27,30,32-34H2,1-5H3,(H,61,62,63)/t42-,48+,52?/m1/s1. The molecule has 370 valence electrons. The van der Waals surface area contributed by atoms with Gasteiger partial charge in [-0.15, -0.1) is 0 Å². The summed E-state index contributed by atoms with van der Waals surface area (Å²) in [6.45, 7) is 11.7. The van der Waals surface area contributed by atoms with Crippen LogP contribution in [0.15, 0.2) is 91.0 Å². The molecule has 1 unspecified atom stereocenters. The first kappa shape index (κ1) is 49.4. The topological polar surface area (TPSA) is 144 Å². The van der Waals surface area contributed by atoms with Gasteiger partial charge in [0.05, 0.1) is 33.0 Å². The van der Waals surface area contributed by atoms with E-state index in [1.165, 1.54) is 5.56 Å². The van der Waals surface area contributed by atoms with Gasteiger partial charge in [0.25, 0.3) is 21.9 Å². The second kappa shape index (κ2) is 20.6. The average Bonchev–Trinajstić information content (AvgIpc) is 3.83. The molecule has 0 spiro atoms. The third kappa shape index (κ3) is 10.5. The van der Waals surface area contributed by atoms with Gasteiger partial charge < -0.3 is 38.4 Å². The molecule has 0 fully saturated rings. The van der Waals surface area contributed by atoms with Crippen molar-refractivity contribution in [2.75, 3.05) is 61.3 Å². The van der Waals surface area contributed by atoms with Crippen molar-refractivity contribution in [1.82, 2.24) is 0 Å². The second-order valence-electron chi connectivity index (χ2n) is 19.5. The van der Waals surface area contributed by atoms with Crippen LogP contribution in [0.5, 0.6) is 17.2 Å². The molecule has 0 radical (unpaired) electrons. The van der Waals surface area contributed by atoms with Crippen LogP contribution in [0.1, 0.15) is 93.3 Å². The van der Waals surface area contributed by atoms with E-state index < -0.39 is 21.4 Å². The van der Waals surface area contributed by atoms with Gasteiger partial charge in [0.15, 0.2) is 11.5 Å². The predicted molar refractivity (Wildman–Crippen MR) is 275 cm³/mol. The summed E-state index contributed by atoms with van der Waals surface area (Å²) in [5.74, 6) is 1.15. The highest BCUT2D eigenvalue weighted by Crippen LogP contribution is 2.43. The van der Waals surface area contributed by atoms with Gasteiger partial charge in [0.2, 0.25) is 0 Å². The number of rotatable bonds is 19. The lowest BCUT2D eigenvalue weighted by Gasteiger charge is -2.32. The van der Waals surface area contributed by atoms with Crippen LogP contribution in [0, 0.1) is 6.92 Å². The largest absolute Gasteiger partial charge is 0.493 e. The van der Waals surface area contributed by atoms with Crippen LogP contribution in [-0.2, 0) is 58.5 Å². The van der Waals surface area contributed by atoms with Crippen molar-refractivity contribution >= 4 is 51.6 Å². The lowest BCUT2D eigenvalue weighted by atomic mass is 9.97. The molecule has 0 aromatic heterocycles. The summed E-state index contributed by atoms with van der Waals surface area (Å²) in [5.41, 5.74) is 9.40. The summed E-state index contributed by atoms with van der Waals surface area (Å²) in [7, 11) is -2.98. The van der Waals surface area contributed by atoms with E-state index >= 15 is 0 Å². The van der Waals surface area contributed by atoms with Gasteiger partial charge in [-0.25, -0.2) is 0 Å². The number of hydrogen-bond acceptors (Lipinski definition) is 11. The fourth-order valence-corrected chi connectivity index (χ4v) is 11.7. The van der Waals surface area contributed by atoms with Crippen molar-refractivity contribution in [3.8, 4) is 17.2 Å². The zero-order valence-corrected chi connectivity index (χ0v) is 42.3. The monoisotopic (exact) mass is 989 g/mol. The molecule has 70 heavy (non-hydrogen) atoms. The molecule has 4 heterocycles. The molecule has 5 aromatic rings. The molecule has 1 N–H and O–H groups in total. The molecule has 4 aliphatic heterocycles. The molecule has 4 aliphatic rings. The Labute approximate surface area is 417 Å². The number of thiol groups is 1. The van der Waals surface area contributed by atoms with Crippen molar-refractivity contribution < 1.29 is 46.2 Å². The van der Waals surface area contributed by atoms with Crippen molar-refractivity contribution in [2.45, 2.75) is 102 Å². The minimum absolute atomic E-state index is 0.0324. The Balaban J connectivity index is 1.01. The lowest BCUT2D eigenvalue weighted by Crippen LogP contribution is -2.47. The van der Waals surface area contributed by atoms with E-state index in [1.807, 2.05) is 72.5 Å². The fraction of sp³-hybridized carbons (Fsp3) is 0.418. The Hall–Kier alpha value is -5.58. The summed E-state index contributed by atoms with van der Waals surface area (Å²) >= 11 is 4.94. The molecule has 0 bridgehead atoms. The number of fused-ring (bicyclic) bond motifs is 8. The number of amides is 2. The first-order chi connectivity index (χ1) is 33.6. The smallest absolute Gasteiger partial charge is 0.270 e. The Morgan fingerprint density at radius 1 is 0.729 bits per heavy atom. The normalized spacial score (nSPS) is 18.2. The van der Waals surface area contributed by atoms with Crippen molar-refractivity contribution in [1.29, 1.82) is 0 Å². The molecule has 9 rings (SSSR count). The molecule has 2 amide bonds. The molecule has 5 aromatic carbocycles. The highest BCUT2D eigenvalue weighted by atomic mass is 32.2. The van der Waals surface area contributed by atoms with Gasteiger partial charge in [-0.3, -0.25) is 14.1 Å². The van der Waals surface area contributed by atoms with E-state index in [2.05, 4.69) is 43.9 Å². The first-order valence-corrected chi connectivity index (χ1v) is 26.2. The van der Waals surface area contributed by atoms with Crippen LogP contribution in [-0.4, -0.2) is 93.5 Å². The molecule has 3 atom stereocenters. The SMILES string of the molecule is CCCOCCOCCN(CC(C)(C)S)c1cc(COc2cc3c(cc2C)C(=O)N2c4ccccc4C[C@H]2C(S(=O)(=O)O)C3)cc(COc2cc3c(cc2OC)C(=O)N2c4ccccc4C[C@H]2CC3)c1. The number of carbonyl (C=O) groups is 2. The van der Waals surface area contributed by atoms with Crippen LogP contribution in [0.4, 0.5) is 17.1 Å². The summed E-state index contributed by atoms with van der Waals surface area (Å²) in [4.78, 5) is 34.2. The number of aryl methyl sites for hydroxylation is 2. The van der Waals surface area contributed by atoms with E-state index in [4.69, 9.17) is 36.3 Å². The van der Waals surface area contributed by atoms with Gasteiger partial charge >= 0.3 is 0 Å². The van der Waals surface area contributed by atoms with E-state index in [0.29, 0.717) is 97.5 Å². The van der Waals surface area contributed by atoms with Gasteiger partial charge in [-0.2, -0.15) is 21.0 Å². The summed E-state index contributed by atoms with van der Waals surface area (Å²) in [6.07, 6.45) is 3.57. The Kier molecular flexibility index (Phi) is 14.6. The zero-order chi connectivity index (χ0) is 49.3. The van der Waals surface area contributed by atoms with Crippen molar-refractivity contribution in [3.05, 3.63) is 141 Å². The molecule has 0 saturated carbocycles. The van der Waals surface area contributed by atoms with E-state index in [-0.39, 0.29) is 42.2 Å². The summed E-state index contributed by atoms with van der Waals surface area (Å²) < 4.78 is 67.1. The molecule has 0 aliphatic carbocycles. The van der Waals surface area contributed by atoms with Gasteiger partial charge in [0, 0.05) is 58.7 Å². The van der Waals surface area contributed by atoms with Gasteiger partial charge in [-0.1, -0.05) is 43.3 Å². The lowest BCUT2D eigenvalue weighted by molar-refractivity contribution is 0.0505. The second-order valence-corrected chi connectivity index (χ2v) is 22.4. The van der Waals surface area contributed by atoms with E-state index in [9.17, 15) is 22.6 Å². The van der Waals surface area contributed by atoms with Crippen LogP contribution in [0.2, 0.25) is 0 Å². The van der Waals surface area contributed by atoms with E-state index in [1.54, 1.807) is 24.1 Å². The number of methoxy groups -OCH3 is 1. The summed E-state index contributed by atoms with van der Waals surface area (Å²) in [6, 6.07) is 28.3. The molecule has 15 heteroatoms. The number of ether oxygens (including phenoxy) is 5. The average molecular weight is 990 g/mol. The maximum atomic E-state index is 14.3. The van der Waals surface area contributed by atoms with Crippen LogP contribution < -0.4 is 28.9 Å². The third-order valence-electron chi connectivity index (χ3n) is 13.7. The minimum atomic E-state index is -4.56. The van der Waals surface area contributed by atoms with Crippen LogP contribution >= 0.6 is 12.6 Å². The number of benzene rings is 5. The van der Waals surface area contributed by atoms with Gasteiger partial charge in [0.1, 0.15) is 24.2 Å².